The Morgan fingerprint density at radius 3 is 2.20 bits per heavy atom. The quantitative estimate of drug-likeness (QED) is 0.755. The van der Waals surface area contributed by atoms with Crippen LogP contribution in [-0.4, -0.2) is 30.4 Å². The lowest BCUT2D eigenvalue weighted by molar-refractivity contribution is -0.144. The third-order valence-electron chi connectivity index (χ3n) is 4.14. The normalized spacial score (nSPS) is 17.3. The molecule has 1 aliphatic rings. The summed E-state index contributed by atoms with van der Waals surface area (Å²) >= 11 is 0. The number of rotatable bonds is 5. The lowest BCUT2D eigenvalue weighted by Gasteiger charge is -2.40. The van der Waals surface area contributed by atoms with Crippen LogP contribution in [0.2, 0.25) is 0 Å². The third-order valence-corrected chi connectivity index (χ3v) is 4.14. The first kappa shape index (κ1) is 12.5. The van der Waals surface area contributed by atoms with E-state index < -0.39 is 0 Å². The Kier molecular flexibility index (Phi) is 4.14. The topological polar surface area (TPSA) is 46.3 Å². The van der Waals surface area contributed by atoms with E-state index in [0.717, 1.165) is 25.7 Å². The van der Waals surface area contributed by atoms with Gasteiger partial charge in [0.05, 0.1) is 5.41 Å². The molecule has 88 valence electrons. The average Bonchev–Trinajstić information content (AvgIpc) is 2.18. The molecule has 1 amide bonds. The number of hydrogen-bond donors (Lipinski definition) is 1. The molecule has 0 radical (unpaired) electrons. The van der Waals surface area contributed by atoms with Crippen LogP contribution < -0.4 is 5.73 Å². The second kappa shape index (κ2) is 4.97. The predicted octanol–water partition coefficient (Wildman–Crippen LogP) is 1.76. The Balaban J connectivity index is 2.70. The van der Waals surface area contributed by atoms with E-state index in [2.05, 4.69) is 13.8 Å². The molecular formula is C12H24N2O. The fraction of sp³-hybridized carbons (Fsp3) is 0.917. The van der Waals surface area contributed by atoms with Crippen molar-refractivity contribution < 1.29 is 4.79 Å². The predicted molar refractivity (Wildman–Crippen MR) is 62.5 cm³/mol. The van der Waals surface area contributed by atoms with E-state index in [-0.39, 0.29) is 11.3 Å². The van der Waals surface area contributed by atoms with Crippen LogP contribution in [0.1, 0.15) is 46.0 Å². The Morgan fingerprint density at radius 1 is 1.40 bits per heavy atom. The second-order valence-corrected chi connectivity index (χ2v) is 4.69. The van der Waals surface area contributed by atoms with Gasteiger partial charge in [0.15, 0.2) is 0 Å². The van der Waals surface area contributed by atoms with Crippen molar-refractivity contribution in [2.45, 2.75) is 52.0 Å². The molecule has 0 atom stereocenters. The molecule has 1 saturated carbocycles. The SMILES string of the molecule is CCC(CC)(CN)C(=O)N(C)C1CCC1. The van der Waals surface area contributed by atoms with Crippen molar-refractivity contribution in [1.82, 2.24) is 4.90 Å². The minimum atomic E-state index is -0.315. The highest BCUT2D eigenvalue weighted by Crippen LogP contribution is 2.32. The summed E-state index contributed by atoms with van der Waals surface area (Å²) in [6.07, 6.45) is 5.27. The number of carbonyl (C=O) groups is 1. The van der Waals surface area contributed by atoms with Crippen molar-refractivity contribution in [2.75, 3.05) is 13.6 Å². The summed E-state index contributed by atoms with van der Waals surface area (Å²) in [5, 5.41) is 0. The Labute approximate surface area is 93.0 Å². The minimum Gasteiger partial charge on any atom is -0.342 e. The maximum Gasteiger partial charge on any atom is 0.230 e. The summed E-state index contributed by atoms with van der Waals surface area (Å²) in [5.74, 6) is 0.250. The van der Waals surface area contributed by atoms with Crippen LogP contribution in [0.3, 0.4) is 0 Å². The Bertz CT molecular complexity index is 211. The van der Waals surface area contributed by atoms with Gasteiger partial charge in [0.25, 0.3) is 0 Å². The van der Waals surface area contributed by atoms with Gasteiger partial charge in [-0.2, -0.15) is 0 Å². The van der Waals surface area contributed by atoms with Gasteiger partial charge in [0.1, 0.15) is 0 Å². The Morgan fingerprint density at radius 2 is 1.93 bits per heavy atom. The van der Waals surface area contributed by atoms with Gasteiger partial charge in [-0.25, -0.2) is 0 Å². The molecule has 1 rings (SSSR count). The first-order valence-corrected chi connectivity index (χ1v) is 6.08. The first-order chi connectivity index (χ1) is 7.11. The molecular weight excluding hydrogens is 188 g/mol. The zero-order valence-electron chi connectivity index (χ0n) is 10.3. The molecule has 3 nitrogen and oxygen atoms in total. The van der Waals surface area contributed by atoms with Crippen molar-refractivity contribution >= 4 is 5.91 Å². The van der Waals surface area contributed by atoms with E-state index in [9.17, 15) is 4.79 Å². The molecule has 0 aromatic carbocycles. The van der Waals surface area contributed by atoms with E-state index in [4.69, 9.17) is 5.73 Å². The van der Waals surface area contributed by atoms with Gasteiger partial charge in [-0.3, -0.25) is 4.79 Å². The lowest BCUT2D eigenvalue weighted by atomic mass is 9.79. The van der Waals surface area contributed by atoms with Crippen LogP contribution >= 0.6 is 0 Å². The molecule has 0 heterocycles. The van der Waals surface area contributed by atoms with Crippen LogP contribution in [0.25, 0.3) is 0 Å². The summed E-state index contributed by atoms with van der Waals surface area (Å²) in [7, 11) is 1.93. The number of nitrogens with two attached hydrogens (primary N) is 1. The average molecular weight is 212 g/mol. The molecule has 1 fully saturated rings. The molecule has 0 aromatic heterocycles. The number of amides is 1. The highest BCUT2D eigenvalue weighted by molar-refractivity contribution is 5.83. The van der Waals surface area contributed by atoms with Gasteiger partial charge in [0.2, 0.25) is 5.91 Å². The smallest absolute Gasteiger partial charge is 0.230 e. The highest BCUT2D eigenvalue weighted by atomic mass is 16.2. The number of carbonyl (C=O) groups excluding carboxylic acids is 1. The standard InChI is InChI=1S/C12H24N2O/c1-4-12(5-2,9-13)11(15)14(3)10-7-6-8-10/h10H,4-9,13H2,1-3H3. The monoisotopic (exact) mass is 212 g/mol. The summed E-state index contributed by atoms with van der Waals surface area (Å²) < 4.78 is 0. The van der Waals surface area contributed by atoms with Gasteiger partial charge in [-0.1, -0.05) is 13.8 Å². The van der Waals surface area contributed by atoms with Crippen LogP contribution in [-0.2, 0) is 4.79 Å². The van der Waals surface area contributed by atoms with E-state index in [1.165, 1.54) is 6.42 Å². The summed E-state index contributed by atoms with van der Waals surface area (Å²) in [4.78, 5) is 14.3. The molecule has 0 aliphatic heterocycles. The lowest BCUT2D eigenvalue weighted by Crippen LogP contribution is -2.51. The van der Waals surface area contributed by atoms with Gasteiger partial charge < -0.3 is 10.6 Å². The number of hydrogen-bond acceptors (Lipinski definition) is 2. The van der Waals surface area contributed by atoms with Gasteiger partial charge >= 0.3 is 0 Å². The third kappa shape index (κ3) is 2.17. The Hall–Kier alpha value is -0.570. The molecule has 0 unspecified atom stereocenters. The minimum absolute atomic E-state index is 0.250. The molecule has 0 saturated heterocycles. The van der Waals surface area contributed by atoms with Gasteiger partial charge in [-0.15, -0.1) is 0 Å². The van der Waals surface area contributed by atoms with Gasteiger partial charge in [0, 0.05) is 19.6 Å². The summed E-state index contributed by atoms with van der Waals surface area (Å²) in [6.45, 7) is 4.58. The largest absolute Gasteiger partial charge is 0.342 e. The molecule has 3 heteroatoms. The first-order valence-electron chi connectivity index (χ1n) is 6.08. The van der Waals surface area contributed by atoms with E-state index >= 15 is 0 Å². The fourth-order valence-corrected chi connectivity index (χ4v) is 2.24. The highest BCUT2D eigenvalue weighted by Gasteiger charge is 2.38. The van der Waals surface area contributed by atoms with Crippen LogP contribution in [0, 0.1) is 5.41 Å². The summed E-state index contributed by atoms with van der Waals surface area (Å²) in [6, 6.07) is 0.474. The van der Waals surface area contributed by atoms with E-state index in [0.29, 0.717) is 12.6 Å². The van der Waals surface area contributed by atoms with Crippen molar-refractivity contribution in [3.05, 3.63) is 0 Å². The molecule has 15 heavy (non-hydrogen) atoms. The zero-order valence-corrected chi connectivity index (χ0v) is 10.3. The molecule has 0 bridgehead atoms. The van der Waals surface area contributed by atoms with Crippen LogP contribution in [0.5, 0.6) is 0 Å². The van der Waals surface area contributed by atoms with Crippen molar-refractivity contribution in [1.29, 1.82) is 0 Å². The fourth-order valence-electron chi connectivity index (χ4n) is 2.24. The van der Waals surface area contributed by atoms with E-state index in [1.807, 2.05) is 11.9 Å². The van der Waals surface area contributed by atoms with Crippen LogP contribution in [0.15, 0.2) is 0 Å². The second-order valence-electron chi connectivity index (χ2n) is 4.69. The maximum atomic E-state index is 12.3. The van der Waals surface area contributed by atoms with Crippen molar-refractivity contribution in [3.63, 3.8) is 0 Å². The van der Waals surface area contributed by atoms with Crippen molar-refractivity contribution in [3.8, 4) is 0 Å². The van der Waals surface area contributed by atoms with Gasteiger partial charge in [-0.05, 0) is 32.1 Å². The van der Waals surface area contributed by atoms with E-state index in [1.54, 1.807) is 0 Å². The summed E-state index contributed by atoms with van der Waals surface area (Å²) in [5.41, 5.74) is 5.46. The molecule has 1 aliphatic carbocycles. The zero-order chi connectivity index (χ0) is 11.5. The molecule has 0 aromatic rings. The molecule has 2 N–H and O–H groups in total. The molecule has 0 spiro atoms. The number of nitrogens with zero attached hydrogens (tertiary/aromatic N) is 1. The van der Waals surface area contributed by atoms with Crippen molar-refractivity contribution in [2.24, 2.45) is 11.1 Å². The van der Waals surface area contributed by atoms with Crippen LogP contribution in [0.4, 0.5) is 0 Å². The maximum absolute atomic E-state index is 12.3.